The van der Waals surface area contributed by atoms with E-state index in [1.165, 1.54) is 101 Å². The lowest BCUT2D eigenvalue weighted by Gasteiger charge is -2.34. The molecule has 0 atom stereocenters. The minimum atomic E-state index is -2.68. The minimum absolute atomic E-state index is 1.14. The Labute approximate surface area is 376 Å². The number of para-hydroxylation sites is 2. The second-order valence-electron chi connectivity index (χ2n) is 16.8. The molecule has 3 aromatic heterocycles. The van der Waals surface area contributed by atoms with E-state index < -0.39 is 8.07 Å². The molecule has 3 heterocycles. The molecule has 0 aliphatic carbocycles. The van der Waals surface area contributed by atoms with Crippen molar-refractivity contribution in [3.63, 3.8) is 0 Å². The summed E-state index contributed by atoms with van der Waals surface area (Å²) in [5.41, 5.74) is 9.53. The lowest BCUT2D eigenvalue weighted by molar-refractivity contribution is 1.17. The van der Waals surface area contributed by atoms with Gasteiger partial charge in [0.1, 0.15) is 0 Å². The van der Waals surface area contributed by atoms with E-state index in [0.29, 0.717) is 0 Å². The van der Waals surface area contributed by atoms with E-state index in [1.807, 2.05) is 11.3 Å². The van der Waals surface area contributed by atoms with Gasteiger partial charge in [0.25, 0.3) is 0 Å². The molecule has 0 saturated heterocycles. The fourth-order valence-corrected chi connectivity index (χ4v) is 16.5. The van der Waals surface area contributed by atoms with Gasteiger partial charge in [0.2, 0.25) is 0 Å². The van der Waals surface area contributed by atoms with Crippen LogP contribution in [0.15, 0.2) is 243 Å². The van der Waals surface area contributed by atoms with E-state index in [2.05, 4.69) is 252 Å². The van der Waals surface area contributed by atoms with Gasteiger partial charge in [-0.25, -0.2) is 0 Å². The first-order valence-corrected chi connectivity index (χ1v) is 24.8. The largest absolute Gasteiger partial charge is 0.309 e. The summed E-state index contributed by atoms with van der Waals surface area (Å²) in [4.78, 5) is 0. The smallest absolute Gasteiger partial charge is 0.179 e. The summed E-state index contributed by atoms with van der Waals surface area (Å²) in [6.07, 6.45) is 0. The summed E-state index contributed by atoms with van der Waals surface area (Å²) in [7, 11) is -2.68. The van der Waals surface area contributed by atoms with Crippen LogP contribution in [-0.2, 0) is 0 Å². The van der Waals surface area contributed by atoms with Gasteiger partial charge in [-0.2, -0.15) is 0 Å². The molecule has 10 aromatic carbocycles. The number of nitrogens with zero attached hydrogens (tertiary/aromatic N) is 2. The molecule has 0 aliphatic heterocycles. The zero-order valence-corrected chi connectivity index (χ0v) is 36.7. The highest BCUT2D eigenvalue weighted by atomic mass is 32.1. The highest BCUT2D eigenvalue weighted by Gasteiger charge is 2.41. The molecule has 0 saturated carbocycles. The second-order valence-corrected chi connectivity index (χ2v) is 21.7. The second kappa shape index (κ2) is 14.7. The van der Waals surface area contributed by atoms with Gasteiger partial charge in [-0.15, -0.1) is 11.3 Å². The van der Waals surface area contributed by atoms with E-state index in [-0.39, 0.29) is 0 Å². The van der Waals surface area contributed by atoms with Crippen LogP contribution in [0.3, 0.4) is 0 Å². The van der Waals surface area contributed by atoms with E-state index in [0.717, 1.165) is 5.69 Å². The van der Waals surface area contributed by atoms with Crippen LogP contribution in [0.4, 0.5) is 0 Å². The van der Waals surface area contributed by atoms with Crippen molar-refractivity contribution in [1.82, 2.24) is 9.13 Å². The first-order valence-electron chi connectivity index (χ1n) is 22.0. The van der Waals surface area contributed by atoms with Crippen LogP contribution in [0.25, 0.3) is 86.3 Å². The Kier molecular flexibility index (Phi) is 8.45. The summed E-state index contributed by atoms with van der Waals surface area (Å²) in [6, 6.07) is 90.4. The van der Waals surface area contributed by atoms with Gasteiger partial charge in [0, 0.05) is 47.4 Å². The molecule has 0 unspecified atom stereocenters. The van der Waals surface area contributed by atoms with Crippen molar-refractivity contribution in [2.24, 2.45) is 0 Å². The molecule has 0 amide bonds. The van der Waals surface area contributed by atoms with Gasteiger partial charge in [-0.05, 0) is 92.5 Å². The molecular weight excluding hydrogens is 809 g/mol. The lowest BCUT2D eigenvalue weighted by atomic mass is 10.0. The Morgan fingerprint density at radius 1 is 0.297 bits per heavy atom. The maximum absolute atomic E-state index is 2.68. The van der Waals surface area contributed by atoms with Crippen molar-refractivity contribution in [3.8, 4) is 22.5 Å². The van der Waals surface area contributed by atoms with Crippen LogP contribution in [0, 0.1) is 0 Å². The normalized spacial score (nSPS) is 12.1. The highest BCUT2D eigenvalue weighted by Crippen LogP contribution is 2.42. The molecule has 2 nitrogen and oxygen atoms in total. The number of hydrogen-bond acceptors (Lipinski definition) is 1. The fourth-order valence-electron chi connectivity index (χ4n) is 10.7. The molecule has 0 N–H and O–H groups in total. The van der Waals surface area contributed by atoms with Crippen molar-refractivity contribution in [3.05, 3.63) is 243 Å². The first kappa shape index (κ1) is 36.9. The third-order valence-electron chi connectivity index (χ3n) is 13.5. The number of benzene rings is 10. The molecule has 300 valence electrons. The Morgan fingerprint density at radius 3 is 1.48 bits per heavy atom. The summed E-state index contributed by atoms with van der Waals surface area (Å²) in [6.45, 7) is 0. The minimum Gasteiger partial charge on any atom is -0.309 e. The maximum Gasteiger partial charge on any atom is 0.179 e. The van der Waals surface area contributed by atoms with Crippen LogP contribution < -0.4 is 20.7 Å². The predicted octanol–water partition coefficient (Wildman–Crippen LogP) is 13.3. The molecular formula is C60H40N2SSi. The molecule has 0 bridgehead atoms. The van der Waals surface area contributed by atoms with Crippen molar-refractivity contribution in [2.75, 3.05) is 0 Å². The number of thiophene rings is 1. The molecule has 0 fully saturated rings. The van der Waals surface area contributed by atoms with Gasteiger partial charge in [0.05, 0.1) is 27.8 Å². The molecule has 0 radical (unpaired) electrons. The molecule has 0 spiro atoms. The van der Waals surface area contributed by atoms with Crippen molar-refractivity contribution < 1.29 is 0 Å². The standard InChI is InChI=1S/C60H40N2SSi/c1-4-17-44(18-5-1)64(45-19-6-2-7-20-45,46-21-8-3-9-22-46)47-35-33-43(34-36-47)61-54-27-14-11-25-51(54)60-55(61)28-16-29-56(60)62-53-26-13-10-23-48(53)49-37-31-42(40-57(49)62)41-32-38-59-52(39-41)50-24-12-15-30-58(50)63-59/h1-40H. The van der Waals surface area contributed by atoms with Gasteiger partial charge in [-0.1, -0.05) is 182 Å². The van der Waals surface area contributed by atoms with Crippen LogP contribution in [0.1, 0.15) is 0 Å². The topological polar surface area (TPSA) is 9.86 Å². The van der Waals surface area contributed by atoms with Gasteiger partial charge in [-0.3, -0.25) is 0 Å². The van der Waals surface area contributed by atoms with Gasteiger partial charge in [0.15, 0.2) is 8.07 Å². The summed E-state index contributed by atoms with van der Waals surface area (Å²) >= 11 is 1.87. The van der Waals surface area contributed by atoms with E-state index >= 15 is 0 Å². The van der Waals surface area contributed by atoms with E-state index in [1.54, 1.807) is 0 Å². The zero-order chi connectivity index (χ0) is 42.2. The third kappa shape index (κ3) is 5.50. The monoisotopic (exact) mass is 848 g/mol. The Hall–Kier alpha value is -7.76. The van der Waals surface area contributed by atoms with Crippen molar-refractivity contribution in [2.45, 2.75) is 0 Å². The third-order valence-corrected chi connectivity index (χ3v) is 19.4. The van der Waals surface area contributed by atoms with Crippen molar-refractivity contribution in [1.29, 1.82) is 0 Å². The van der Waals surface area contributed by atoms with E-state index in [9.17, 15) is 0 Å². The Balaban J connectivity index is 1.01. The fraction of sp³-hybridized carbons (Fsp3) is 0. The molecule has 13 rings (SSSR count). The summed E-state index contributed by atoms with van der Waals surface area (Å²) in [5, 5.41) is 13.1. The number of hydrogen-bond donors (Lipinski definition) is 0. The molecule has 0 aliphatic rings. The SMILES string of the molecule is c1ccc([Si](c2ccccc2)(c2ccccc2)c2ccc(-n3c4ccccc4c4c(-n5c6ccccc6c6ccc(-c7ccc8sc9ccccc9c8c7)cc65)cccc43)cc2)cc1. The van der Waals surface area contributed by atoms with Crippen LogP contribution in [-0.4, -0.2) is 17.2 Å². The van der Waals surface area contributed by atoms with Crippen LogP contribution in [0.5, 0.6) is 0 Å². The van der Waals surface area contributed by atoms with Crippen LogP contribution >= 0.6 is 11.3 Å². The van der Waals surface area contributed by atoms with Gasteiger partial charge >= 0.3 is 0 Å². The summed E-state index contributed by atoms with van der Waals surface area (Å²) < 4.78 is 7.63. The van der Waals surface area contributed by atoms with Gasteiger partial charge < -0.3 is 9.13 Å². The molecule has 13 aromatic rings. The van der Waals surface area contributed by atoms with Crippen LogP contribution in [0.2, 0.25) is 0 Å². The van der Waals surface area contributed by atoms with E-state index in [4.69, 9.17) is 0 Å². The number of aromatic nitrogens is 2. The quantitative estimate of drug-likeness (QED) is 0.112. The number of fused-ring (bicyclic) bond motifs is 9. The zero-order valence-electron chi connectivity index (χ0n) is 34.9. The Bertz CT molecular complexity index is 3790. The summed E-state index contributed by atoms with van der Waals surface area (Å²) in [5.74, 6) is 0. The average Bonchev–Trinajstić information content (AvgIpc) is 4.03. The lowest BCUT2D eigenvalue weighted by Crippen LogP contribution is -2.74. The average molecular weight is 849 g/mol. The predicted molar refractivity (Wildman–Crippen MR) is 277 cm³/mol. The molecule has 64 heavy (non-hydrogen) atoms. The number of rotatable bonds is 7. The highest BCUT2D eigenvalue weighted by molar-refractivity contribution is 7.25. The molecule has 4 heteroatoms. The maximum atomic E-state index is 2.51. The first-order chi connectivity index (χ1) is 31.8. The van der Waals surface area contributed by atoms with Crippen molar-refractivity contribution >= 4 is 104 Å². The Morgan fingerprint density at radius 2 is 0.797 bits per heavy atom.